The molecule has 0 aliphatic carbocycles. The molecule has 0 spiro atoms. The van der Waals surface area contributed by atoms with Crippen LogP contribution in [0.25, 0.3) is 0 Å². The first-order valence-electron chi connectivity index (χ1n) is 5.89. The van der Waals surface area contributed by atoms with Gasteiger partial charge in [-0.2, -0.15) is 0 Å². The van der Waals surface area contributed by atoms with Crippen molar-refractivity contribution in [1.29, 1.82) is 0 Å². The lowest BCUT2D eigenvalue weighted by Crippen LogP contribution is -2.15. The number of benzene rings is 2. The zero-order chi connectivity index (χ0) is 13.0. The average molecular weight is 280 g/mol. The van der Waals surface area contributed by atoms with Gasteiger partial charge in [-0.05, 0) is 48.4 Å². The van der Waals surface area contributed by atoms with Crippen molar-refractivity contribution in [3.05, 3.63) is 69.7 Å². The van der Waals surface area contributed by atoms with E-state index in [0.717, 1.165) is 16.5 Å². The van der Waals surface area contributed by atoms with E-state index in [2.05, 4.69) is 6.07 Å². The second-order valence-electron chi connectivity index (χ2n) is 4.32. The van der Waals surface area contributed by atoms with Crippen molar-refractivity contribution in [2.24, 2.45) is 5.73 Å². The standard InChI is InChI=1S/C15H15Cl2N/c16-14-6-4-11(5-7-14)8-13(10-18)12-2-1-3-15(17)9-12/h1-7,9,13H,8,10,18H2. The van der Waals surface area contributed by atoms with Gasteiger partial charge in [0.25, 0.3) is 0 Å². The summed E-state index contributed by atoms with van der Waals surface area (Å²) in [5, 5.41) is 1.51. The van der Waals surface area contributed by atoms with Gasteiger partial charge >= 0.3 is 0 Å². The molecule has 0 saturated carbocycles. The lowest BCUT2D eigenvalue weighted by molar-refractivity contribution is 0.694. The molecule has 0 radical (unpaired) electrons. The predicted octanol–water partition coefficient (Wildman–Crippen LogP) is 4.28. The van der Waals surface area contributed by atoms with Gasteiger partial charge in [-0.25, -0.2) is 0 Å². The maximum atomic E-state index is 6.01. The van der Waals surface area contributed by atoms with E-state index < -0.39 is 0 Å². The Kier molecular flexibility index (Phi) is 4.65. The molecule has 2 aromatic carbocycles. The van der Waals surface area contributed by atoms with Gasteiger partial charge in [0.2, 0.25) is 0 Å². The molecule has 0 heterocycles. The molecule has 0 saturated heterocycles. The van der Waals surface area contributed by atoms with Crippen molar-refractivity contribution in [3.8, 4) is 0 Å². The van der Waals surface area contributed by atoms with Gasteiger partial charge in [-0.1, -0.05) is 47.5 Å². The topological polar surface area (TPSA) is 26.0 Å². The summed E-state index contributed by atoms with van der Waals surface area (Å²) in [6, 6.07) is 15.8. The van der Waals surface area contributed by atoms with E-state index in [0.29, 0.717) is 6.54 Å². The zero-order valence-corrected chi connectivity index (χ0v) is 11.5. The highest BCUT2D eigenvalue weighted by Crippen LogP contribution is 2.23. The van der Waals surface area contributed by atoms with Crippen molar-refractivity contribution in [1.82, 2.24) is 0 Å². The van der Waals surface area contributed by atoms with Gasteiger partial charge in [-0.15, -0.1) is 0 Å². The minimum absolute atomic E-state index is 0.282. The number of nitrogens with two attached hydrogens (primary N) is 1. The Labute approximate surface area is 118 Å². The highest BCUT2D eigenvalue weighted by atomic mass is 35.5. The van der Waals surface area contributed by atoms with Crippen LogP contribution in [0.1, 0.15) is 17.0 Å². The molecule has 0 aromatic heterocycles. The minimum Gasteiger partial charge on any atom is -0.330 e. The van der Waals surface area contributed by atoms with Gasteiger partial charge in [0.1, 0.15) is 0 Å². The Bertz CT molecular complexity index is 508. The summed E-state index contributed by atoms with van der Waals surface area (Å²) >= 11 is 11.9. The van der Waals surface area contributed by atoms with Gasteiger partial charge in [0.05, 0.1) is 0 Å². The van der Waals surface area contributed by atoms with Crippen LogP contribution < -0.4 is 5.73 Å². The number of halogens is 2. The van der Waals surface area contributed by atoms with E-state index in [1.54, 1.807) is 0 Å². The predicted molar refractivity (Wildman–Crippen MR) is 78.4 cm³/mol. The minimum atomic E-state index is 0.282. The van der Waals surface area contributed by atoms with Crippen LogP contribution in [0, 0.1) is 0 Å². The molecular weight excluding hydrogens is 265 g/mol. The molecule has 0 aliphatic heterocycles. The Morgan fingerprint density at radius 1 is 0.944 bits per heavy atom. The fraction of sp³-hybridized carbons (Fsp3) is 0.200. The summed E-state index contributed by atoms with van der Waals surface area (Å²) in [6.07, 6.45) is 0.897. The molecule has 2 rings (SSSR count). The maximum absolute atomic E-state index is 6.01. The van der Waals surface area contributed by atoms with Crippen LogP contribution >= 0.6 is 23.2 Å². The molecular formula is C15H15Cl2N. The third-order valence-corrected chi connectivity index (χ3v) is 3.49. The molecule has 1 unspecified atom stereocenters. The van der Waals surface area contributed by atoms with Crippen LogP contribution in [0.2, 0.25) is 10.0 Å². The molecule has 0 bridgehead atoms. The fourth-order valence-corrected chi connectivity index (χ4v) is 2.33. The monoisotopic (exact) mass is 279 g/mol. The molecule has 2 aromatic rings. The van der Waals surface area contributed by atoms with Crippen LogP contribution in [0.15, 0.2) is 48.5 Å². The number of hydrogen-bond acceptors (Lipinski definition) is 1. The zero-order valence-electron chi connectivity index (χ0n) is 9.94. The molecule has 0 fully saturated rings. The number of rotatable bonds is 4. The maximum Gasteiger partial charge on any atom is 0.0408 e. The van der Waals surface area contributed by atoms with Crippen LogP contribution in [-0.2, 0) is 6.42 Å². The Hall–Kier alpha value is -1.02. The second kappa shape index (κ2) is 6.24. The highest BCUT2D eigenvalue weighted by Gasteiger charge is 2.11. The first-order valence-corrected chi connectivity index (χ1v) is 6.64. The van der Waals surface area contributed by atoms with Crippen LogP contribution in [0.4, 0.5) is 0 Å². The van der Waals surface area contributed by atoms with Gasteiger partial charge in [-0.3, -0.25) is 0 Å². The smallest absolute Gasteiger partial charge is 0.0408 e. The largest absolute Gasteiger partial charge is 0.330 e. The Morgan fingerprint density at radius 2 is 1.67 bits per heavy atom. The van der Waals surface area contributed by atoms with Crippen molar-refractivity contribution in [2.45, 2.75) is 12.3 Å². The third kappa shape index (κ3) is 3.49. The van der Waals surface area contributed by atoms with Gasteiger partial charge in [0.15, 0.2) is 0 Å². The molecule has 94 valence electrons. The normalized spacial score (nSPS) is 12.4. The summed E-state index contributed by atoms with van der Waals surface area (Å²) < 4.78 is 0. The van der Waals surface area contributed by atoms with Gasteiger partial charge < -0.3 is 5.73 Å². The van der Waals surface area contributed by atoms with E-state index >= 15 is 0 Å². The van der Waals surface area contributed by atoms with Crippen molar-refractivity contribution in [2.75, 3.05) is 6.54 Å². The van der Waals surface area contributed by atoms with Crippen molar-refractivity contribution in [3.63, 3.8) is 0 Å². The summed E-state index contributed by atoms with van der Waals surface area (Å²) in [7, 11) is 0. The van der Waals surface area contributed by atoms with Crippen LogP contribution in [0.5, 0.6) is 0 Å². The third-order valence-electron chi connectivity index (χ3n) is 3.00. The first kappa shape index (κ1) is 13.4. The average Bonchev–Trinajstić information content (AvgIpc) is 2.38. The molecule has 3 heteroatoms. The Morgan fingerprint density at radius 3 is 2.28 bits per heavy atom. The van der Waals surface area contributed by atoms with Crippen LogP contribution in [0.3, 0.4) is 0 Å². The molecule has 0 aliphatic rings. The van der Waals surface area contributed by atoms with E-state index in [9.17, 15) is 0 Å². The lowest BCUT2D eigenvalue weighted by Gasteiger charge is -2.15. The summed E-state index contributed by atoms with van der Waals surface area (Å²) in [6.45, 7) is 0.600. The lowest BCUT2D eigenvalue weighted by atomic mass is 9.92. The van der Waals surface area contributed by atoms with E-state index in [1.165, 1.54) is 11.1 Å². The highest BCUT2D eigenvalue weighted by molar-refractivity contribution is 6.30. The molecule has 1 atom stereocenters. The quantitative estimate of drug-likeness (QED) is 0.888. The molecule has 0 amide bonds. The Balaban J connectivity index is 2.17. The summed E-state index contributed by atoms with van der Waals surface area (Å²) in [5.41, 5.74) is 8.28. The fourth-order valence-electron chi connectivity index (χ4n) is 2.00. The SMILES string of the molecule is NCC(Cc1ccc(Cl)cc1)c1cccc(Cl)c1. The molecule has 1 nitrogen and oxygen atoms in total. The van der Waals surface area contributed by atoms with E-state index in [-0.39, 0.29) is 5.92 Å². The van der Waals surface area contributed by atoms with E-state index in [4.69, 9.17) is 28.9 Å². The van der Waals surface area contributed by atoms with Crippen molar-refractivity contribution >= 4 is 23.2 Å². The number of hydrogen-bond donors (Lipinski definition) is 1. The van der Waals surface area contributed by atoms with Crippen LogP contribution in [-0.4, -0.2) is 6.54 Å². The van der Waals surface area contributed by atoms with Gasteiger partial charge in [0, 0.05) is 16.0 Å². The van der Waals surface area contributed by atoms with E-state index in [1.807, 2.05) is 42.5 Å². The molecule has 18 heavy (non-hydrogen) atoms. The first-order chi connectivity index (χ1) is 8.69. The summed E-state index contributed by atoms with van der Waals surface area (Å²) in [5.74, 6) is 0.282. The van der Waals surface area contributed by atoms with Crippen molar-refractivity contribution < 1.29 is 0 Å². The summed E-state index contributed by atoms with van der Waals surface area (Å²) in [4.78, 5) is 0. The second-order valence-corrected chi connectivity index (χ2v) is 5.19. The molecule has 2 N–H and O–H groups in total.